The Kier molecular flexibility index (Phi) is 4.45. The Morgan fingerprint density at radius 2 is 2.00 bits per heavy atom. The van der Waals surface area contributed by atoms with Crippen molar-refractivity contribution in [3.05, 3.63) is 24.3 Å². The number of hydrogen-bond acceptors (Lipinski definition) is 4. The molecule has 2 aliphatic heterocycles. The first kappa shape index (κ1) is 16.1. The molecule has 0 aliphatic carbocycles. The van der Waals surface area contributed by atoms with Gasteiger partial charge in [-0.25, -0.2) is 0 Å². The van der Waals surface area contributed by atoms with E-state index in [4.69, 9.17) is 9.47 Å². The minimum atomic E-state index is -4.41. The highest BCUT2D eigenvalue weighted by atomic mass is 19.4. The van der Waals surface area contributed by atoms with Crippen molar-refractivity contribution in [1.29, 1.82) is 0 Å². The fourth-order valence-electron chi connectivity index (χ4n) is 2.75. The fourth-order valence-corrected chi connectivity index (χ4v) is 2.75. The molecule has 1 aromatic carbocycles. The summed E-state index contributed by atoms with van der Waals surface area (Å²) in [6, 6.07) is 7.14. The molecular formula is C15H17F3N2O3. The van der Waals surface area contributed by atoms with Crippen LogP contribution in [0.25, 0.3) is 0 Å². The standard InChI is InChI=1S/C15H17F3N2O3/c16-15(17,18)13-9-19(5-7-23-13)10-14(21)20-6-8-22-12-4-2-1-3-11(12)20/h1-4,13H,5-10H2/t13-/m0/s1. The van der Waals surface area contributed by atoms with Crippen LogP contribution in [-0.4, -0.2) is 62.5 Å². The summed E-state index contributed by atoms with van der Waals surface area (Å²) in [5.74, 6) is 0.380. The average molecular weight is 330 g/mol. The molecule has 1 saturated heterocycles. The van der Waals surface area contributed by atoms with Crippen molar-refractivity contribution in [2.75, 3.05) is 44.3 Å². The van der Waals surface area contributed by atoms with Gasteiger partial charge in [-0.15, -0.1) is 0 Å². The van der Waals surface area contributed by atoms with Crippen LogP contribution in [0.4, 0.5) is 18.9 Å². The Bertz CT molecular complexity index is 579. The molecule has 2 aliphatic rings. The number of carbonyl (C=O) groups excluding carboxylic acids is 1. The zero-order valence-corrected chi connectivity index (χ0v) is 12.4. The lowest BCUT2D eigenvalue weighted by atomic mass is 10.2. The molecule has 2 heterocycles. The Balaban J connectivity index is 1.66. The molecule has 3 rings (SSSR count). The van der Waals surface area contributed by atoms with Crippen LogP contribution in [0.5, 0.6) is 5.75 Å². The first-order valence-corrected chi connectivity index (χ1v) is 7.38. The van der Waals surface area contributed by atoms with Crippen molar-refractivity contribution in [3.63, 3.8) is 0 Å². The van der Waals surface area contributed by atoms with Crippen molar-refractivity contribution in [2.24, 2.45) is 0 Å². The quantitative estimate of drug-likeness (QED) is 0.827. The highest BCUT2D eigenvalue weighted by molar-refractivity contribution is 5.96. The number of nitrogens with zero attached hydrogens (tertiary/aromatic N) is 2. The number of ether oxygens (including phenoxy) is 2. The lowest BCUT2D eigenvalue weighted by Gasteiger charge is -2.35. The molecular weight excluding hydrogens is 313 g/mol. The number of hydrogen-bond donors (Lipinski definition) is 0. The third-order valence-corrected chi connectivity index (χ3v) is 3.90. The van der Waals surface area contributed by atoms with Crippen molar-refractivity contribution in [3.8, 4) is 5.75 Å². The molecule has 0 N–H and O–H groups in total. The zero-order valence-electron chi connectivity index (χ0n) is 12.4. The average Bonchev–Trinajstić information content (AvgIpc) is 2.53. The number of morpholine rings is 1. The molecule has 23 heavy (non-hydrogen) atoms. The van der Waals surface area contributed by atoms with Gasteiger partial charge >= 0.3 is 6.18 Å². The smallest absolute Gasteiger partial charge is 0.415 e. The minimum absolute atomic E-state index is 0.0306. The van der Waals surface area contributed by atoms with Gasteiger partial charge in [-0.2, -0.15) is 13.2 Å². The zero-order chi connectivity index (χ0) is 16.4. The second-order valence-corrected chi connectivity index (χ2v) is 5.50. The number of carbonyl (C=O) groups is 1. The first-order chi connectivity index (χ1) is 10.9. The van der Waals surface area contributed by atoms with E-state index in [1.807, 2.05) is 6.07 Å². The number of halogens is 3. The SMILES string of the molecule is O=C(CN1CCO[C@H](C(F)(F)F)C1)N1CCOc2ccccc21. The number of rotatable bonds is 2. The number of benzene rings is 1. The fraction of sp³-hybridized carbons (Fsp3) is 0.533. The first-order valence-electron chi connectivity index (χ1n) is 7.38. The van der Waals surface area contributed by atoms with Crippen LogP contribution < -0.4 is 9.64 Å². The van der Waals surface area contributed by atoms with Gasteiger partial charge in [0, 0.05) is 13.1 Å². The number of para-hydroxylation sites is 2. The monoisotopic (exact) mass is 330 g/mol. The van der Waals surface area contributed by atoms with Gasteiger partial charge in [-0.05, 0) is 12.1 Å². The van der Waals surface area contributed by atoms with Crippen molar-refractivity contribution in [1.82, 2.24) is 4.90 Å². The van der Waals surface area contributed by atoms with Crippen LogP contribution in [0.1, 0.15) is 0 Å². The molecule has 0 bridgehead atoms. The number of fused-ring (bicyclic) bond motifs is 1. The van der Waals surface area contributed by atoms with E-state index >= 15 is 0 Å². The maximum absolute atomic E-state index is 12.7. The van der Waals surface area contributed by atoms with E-state index in [1.54, 1.807) is 23.1 Å². The van der Waals surface area contributed by atoms with Crippen molar-refractivity contribution in [2.45, 2.75) is 12.3 Å². The molecule has 1 atom stereocenters. The van der Waals surface area contributed by atoms with Crippen LogP contribution in [0, 0.1) is 0 Å². The summed E-state index contributed by atoms with van der Waals surface area (Å²) in [5, 5.41) is 0. The van der Waals surface area contributed by atoms with Crippen LogP contribution in [0.2, 0.25) is 0 Å². The lowest BCUT2D eigenvalue weighted by Crippen LogP contribution is -2.52. The molecule has 0 unspecified atom stereocenters. The summed E-state index contributed by atoms with van der Waals surface area (Å²) in [4.78, 5) is 15.5. The van der Waals surface area contributed by atoms with E-state index in [2.05, 4.69) is 0 Å². The molecule has 8 heteroatoms. The summed E-state index contributed by atoms with van der Waals surface area (Å²) in [7, 11) is 0. The van der Waals surface area contributed by atoms with Crippen molar-refractivity contribution >= 4 is 11.6 Å². The van der Waals surface area contributed by atoms with Crippen LogP contribution in [0.15, 0.2) is 24.3 Å². The molecule has 0 radical (unpaired) electrons. The molecule has 0 spiro atoms. The minimum Gasteiger partial charge on any atom is -0.490 e. The van der Waals surface area contributed by atoms with Gasteiger partial charge in [0.05, 0.1) is 25.4 Å². The summed E-state index contributed by atoms with van der Waals surface area (Å²) in [6.07, 6.45) is -6.24. The Labute approximate surface area is 131 Å². The summed E-state index contributed by atoms with van der Waals surface area (Å²) >= 11 is 0. The van der Waals surface area contributed by atoms with Gasteiger partial charge in [-0.3, -0.25) is 9.69 Å². The van der Waals surface area contributed by atoms with E-state index in [9.17, 15) is 18.0 Å². The van der Waals surface area contributed by atoms with Gasteiger partial charge < -0.3 is 14.4 Å². The summed E-state index contributed by atoms with van der Waals surface area (Å²) in [6.45, 7) is 0.660. The largest absolute Gasteiger partial charge is 0.490 e. The third-order valence-electron chi connectivity index (χ3n) is 3.90. The summed E-state index contributed by atoms with van der Waals surface area (Å²) < 4.78 is 48.4. The predicted molar refractivity (Wildman–Crippen MR) is 76.5 cm³/mol. The topological polar surface area (TPSA) is 42.0 Å². The van der Waals surface area contributed by atoms with E-state index < -0.39 is 12.3 Å². The van der Waals surface area contributed by atoms with E-state index in [0.29, 0.717) is 31.1 Å². The van der Waals surface area contributed by atoms with Crippen molar-refractivity contribution < 1.29 is 27.4 Å². The molecule has 5 nitrogen and oxygen atoms in total. The van der Waals surface area contributed by atoms with Crippen LogP contribution in [0.3, 0.4) is 0 Å². The van der Waals surface area contributed by atoms with Gasteiger partial charge in [0.1, 0.15) is 12.4 Å². The van der Waals surface area contributed by atoms with Crippen LogP contribution >= 0.6 is 0 Å². The predicted octanol–water partition coefficient (Wildman–Crippen LogP) is 1.68. The third kappa shape index (κ3) is 3.59. The molecule has 0 saturated carbocycles. The van der Waals surface area contributed by atoms with E-state index in [1.165, 1.54) is 4.90 Å². The molecule has 0 aromatic heterocycles. The van der Waals surface area contributed by atoms with E-state index in [0.717, 1.165) is 0 Å². The van der Waals surface area contributed by atoms with Crippen LogP contribution in [-0.2, 0) is 9.53 Å². The maximum Gasteiger partial charge on any atom is 0.415 e. The molecule has 1 amide bonds. The summed E-state index contributed by atoms with van der Waals surface area (Å²) in [5.41, 5.74) is 0.657. The van der Waals surface area contributed by atoms with E-state index in [-0.39, 0.29) is 25.6 Å². The second kappa shape index (κ2) is 6.37. The van der Waals surface area contributed by atoms with Gasteiger partial charge in [-0.1, -0.05) is 12.1 Å². The Morgan fingerprint density at radius 3 is 2.78 bits per heavy atom. The maximum atomic E-state index is 12.7. The van der Waals surface area contributed by atoms with Gasteiger partial charge in [0.15, 0.2) is 6.10 Å². The molecule has 1 fully saturated rings. The molecule has 126 valence electrons. The Hall–Kier alpha value is -1.80. The van der Waals surface area contributed by atoms with Gasteiger partial charge in [0.25, 0.3) is 0 Å². The normalized spacial score (nSPS) is 22.4. The molecule has 1 aromatic rings. The van der Waals surface area contributed by atoms with Gasteiger partial charge in [0.2, 0.25) is 5.91 Å². The lowest BCUT2D eigenvalue weighted by molar-refractivity contribution is -0.236. The highest BCUT2D eigenvalue weighted by Crippen LogP contribution is 2.31. The second-order valence-electron chi connectivity index (χ2n) is 5.50. The highest BCUT2D eigenvalue weighted by Gasteiger charge is 2.43. The number of anilines is 1. The number of amides is 1. The number of alkyl halides is 3. The Morgan fingerprint density at radius 1 is 1.22 bits per heavy atom.